The first-order chi connectivity index (χ1) is 33.3. The van der Waals surface area contributed by atoms with Crippen LogP contribution < -0.4 is 9.91 Å². The SMILES string of the molecule is C/C=C/OCC1CCC(c2ccc3c(/C=N/N(CC4CCCCC4)c4nc5ccccc5s4)c(C(=O)OCCc4ccc(C#Cc5ccc(N(C)C)c(C(=O)OCCC)c5)cc4)ccc3c2)CC1. The van der Waals surface area contributed by atoms with Gasteiger partial charge in [-0.2, -0.15) is 5.10 Å². The summed E-state index contributed by atoms with van der Waals surface area (Å²) in [5, 5.41) is 10.2. The Labute approximate surface area is 406 Å². The lowest BCUT2D eigenvalue weighted by atomic mass is 9.78. The van der Waals surface area contributed by atoms with E-state index in [4.69, 9.17) is 24.3 Å². The van der Waals surface area contributed by atoms with Crippen LogP contribution in [0, 0.1) is 23.7 Å². The number of aromatic nitrogens is 1. The molecular weight excluding hydrogens is 865 g/mol. The number of nitrogens with zero attached hydrogens (tertiary/aromatic N) is 4. The van der Waals surface area contributed by atoms with E-state index in [0.29, 0.717) is 41.9 Å². The van der Waals surface area contributed by atoms with Crippen LogP contribution in [0.3, 0.4) is 0 Å². The third kappa shape index (κ3) is 12.4. The summed E-state index contributed by atoms with van der Waals surface area (Å²) in [6, 6.07) is 32.5. The van der Waals surface area contributed by atoms with Gasteiger partial charge in [-0.3, -0.25) is 0 Å². The molecule has 2 aliphatic rings. The minimum atomic E-state index is -0.379. The summed E-state index contributed by atoms with van der Waals surface area (Å²) in [7, 11) is 3.80. The molecule has 5 aromatic carbocycles. The maximum absolute atomic E-state index is 14.2. The second-order valence-corrected chi connectivity index (χ2v) is 19.4. The van der Waals surface area contributed by atoms with Crippen LogP contribution in [-0.4, -0.2) is 63.6 Å². The first-order valence-corrected chi connectivity index (χ1v) is 25.3. The average molecular weight is 929 g/mol. The zero-order valence-electron chi connectivity index (χ0n) is 40.0. The van der Waals surface area contributed by atoms with Crippen LogP contribution in [0.5, 0.6) is 0 Å². The zero-order chi connectivity index (χ0) is 47.2. The van der Waals surface area contributed by atoms with Crippen LogP contribution in [0.15, 0.2) is 115 Å². The smallest absolute Gasteiger partial charge is 0.340 e. The summed E-state index contributed by atoms with van der Waals surface area (Å²) >= 11 is 1.66. The molecular formula is C58H64N4O5S. The Kier molecular flexibility index (Phi) is 16.6. The molecule has 0 atom stereocenters. The van der Waals surface area contributed by atoms with E-state index in [1.54, 1.807) is 23.7 Å². The molecule has 68 heavy (non-hydrogen) atoms. The summed E-state index contributed by atoms with van der Waals surface area (Å²) in [5.74, 6) is 7.30. The molecule has 0 spiro atoms. The number of anilines is 2. The van der Waals surface area contributed by atoms with Gasteiger partial charge in [-0.1, -0.05) is 104 Å². The lowest BCUT2D eigenvalue weighted by Crippen LogP contribution is -2.26. The number of carbonyl (C=O) groups excluding carboxylic acids is 2. The van der Waals surface area contributed by atoms with Gasteiger partial charge in [-0.25, -0.2) is 19.6 Å². The minimum Gasteiger partial charge on any atom is -0.501 e. The van der Waals surface area contributed by atoms with E-state index < -0.39 is 0 Å². The van der Waals surface area contributed by atoms with Gasteiger partial charge in [0, 0.05) is 43.8 Å². The van der Waals surface area contributed by atoms with Crippen molar-refractivity contribution in [2.45, 2.75) is 90.4 Å². The molecule has 0 saturated heterocycles. The fourth-order valence-corrected chi connectivity index (χ4v) is 10.4. The van der Waals surface area contributed by atoms with Crippen molar-refractivity contribution in [1.82, 2.24) is 4.98 Å². The molecule has 0 amide bonds. The quantitative estimate of drug-likeness (QED) is 0.0294. The third-order valence-corrected chi connectivity index (χ3v) is 14.3. The number of para-hydroxylation sites is 1. The number of hydrogen-bond donors (Lipinski definition) is 0. The van der Waals surface area contributed by atoms with Crippen molar-refractivity contribution in [1.29, 1.82) is 0 Å². The first kappa shape index (κ1) is 48.0. The van der Waals surface area contributed by atoms with Crippen molar-refractivity contribution in [2.75, 3.05) is 50.4 Å². The van der Waals surface area contributed by atoms with Crippen LogP contribution in [-0.2, 0) is 20.6 Å². The Hall–Kier alpha value is -6.44. The summed E-state index contributed by atoms with van der Waals surface area (Å²) in [5.41, 5.74) is 7.42. The first-order valence-electron chi connectivity index (χ1n) is 24.5. The third-order valence-electron chi connectivity index (χ3n) is 13.2. The number of hydrazone groups is 1. The number of fused-ring (bicyclic) bond motifs is 2. The number of benzene rings is 5. The Morgan fingerprint density at radius 3 is 2.31 bits per heavy atom. The number of rotatable bonds is 17. The number of allylic oxidation sites excluding steroid dienone is 1. The maximum atomic E-state index is 14.2. The highest BCUT2D eigenvalue weighted by atomic mass is 32.1. The molecule has 0 unspecified atom stereocenters. The molecule has 10 heteroatoms. The van der Waals surface area contributed by atoms with E-state index in [9.17, 15) is 9.59 Å². The summed E-state index contributed by atoms with van der Waals surface area (Å²) in [4.78, 5) is 33.9. The van der Waals surface area contributed by atoms with Gasteiger partial charge < -0.3 is 19.1 Å². The average Bonchev–Trinajstić information content (AvgIpc) is 3.81. The van der Waals surface area contributed by atoms with Crippen LogP contribution in [0.25, 0.3) is 21.0 Å². The van der Waals surface area contributed by atoms with Crippen molar-refractivity contribution in [3.63, 3.8) is 0 Å². The second-order valence-electron chi connectivity index (χ2n) is 18.4. The minimum absolute atomic E-state index is 0.217. The van der Waals surface area contributed by atoms with E-state index in [-0.39, 0.29) is 18.5 Å². The predicted molar refractivity (Wildman–Crippen MR) is 278 cm³/mol. The van der Waals surface area contributed by atoms with Gasteiger partial charge in [0.1, 0.15) is 0 Å². The molecule has 0 N–H and O–H groups in total. The van der Waals surface area contributed by atoms with Gasteiger partial charge in [-0.15, -0.1) is 0 Å². The molecule has 2 aliphatic carbocycles. The molecule has 1 aromatic heterocycles. The highest BCUT2D eigenvalue weighted by Gasteiger charge is 2.25. The molecule has 0 radical (unpaired) electrons. The van der Waals surface area contributed by atoms with Gasteiger partial charge in [-0.05, 0) is 140 Å². The maximum Gasteiger partial charge on any atom is 0.340 e. The van der Waals surface area contributed by atoms with Crippen molar-refractivity contribution >= 4 is 61.3 Å². The van der Waals surface area contributed by atoms with Crippen molar-refractivity contribution in [3.05, 3.63) is 148 Å². The number of hydrogen-bond acceptors (Lipinski definition) is 10. The summed E-state index contributed by atoms with van der Waals surface area (Å²) in [6.07, 6.45) is 17.6. The fraction of sp³-hybridized carbons (Fsp3) is 0.379. The van der Waals surface area contributed by atoms with Crippen molar-refractivity contribution in [3.8, 4) is 11.8 Å². The molecule has 0 bridgehead atoms. The fourth-order valence-electron chi connectivity index (χ4n) is 9.46. The monoisotopic (exact) mass is 928 g/mol. The van der Waals surface area contributed by atoms with Crippen LogP contribution in [0.1, 0.15) is 133 Å². The second kappa shape index (κ2) is 23.5. The molecule has 2 saturated carbocycles. The lowest BCUT2D eigenvalue weighted by molar-refractivity contribution is 0.0498. The highest BCUT2D eigenvalue weighted by Crippen LogP contribution is 2.38. The van der Waals surface area contributed by atoms with E-state index >= 15 is 0 Å². The molecule has 8 rings (SSSR count). The Morgan fingerprint density at radius 1 is 0.794 bits per heavy atom. The van der Waals surface area contributed by atoms with Gasteiger partial charge in [0.15, 0.2) is 0 Å². The topological polar surface area (TPSA) is 93.6 Å². The van der Waals surface area contributed by atoms with E-state index in [1.165, 1.54) is 37.7 Å². The zero-order valence-corrected chi connectivity index (χ0v) is 40.9. The molecule has 9 nitrogen and oxygen atoms in total. The lowest BCUT2D eigenvalue weighted by Gasteiger charge is -2.28. The Balaban J connectivity index is 1.00. The van der Waals surface area contributed by atoms with Crippen molar-refractivity contribution in [2.24, 2.45) is 16.9 Å². The van der Waals surface area contributed by atoms with Gasteiger partial charge in [0.2, 0.25) is 5.13 Å². The highest BCUT2D eigenvalue weighted by molar-refractivity contribution is 7.22. The standard InChI is InChI=1S/C58H64N4O5S/c1-5-33-65-40-45-22-25-46(26-23-45)47-27-29-49-48(37-47)28-30-50(52(49)38-59-62(39-44-12-8-7-9-13-44)58-60-53-14-10-11-15-55(53)68-58)56(63)67-35-32-42-18-16-41(17-19-42)20-21-43-24-31-54(61(3)4)51(36-43)57(64)66-34-6-2/h5,10-11,14-19,24,27-31,33,36-38,44-46H,6-9,12-13,22-23,25-26,32,34-35,39-40H2,1-4H3/b33-5+,59-38+. The summed E-state index contributed by atoms with van der Waals surface area (Å²) in [6.45, 7) is 6.10. The van der Waals surface area contributed by atoms with E-state index in [2.05, 4.69) is 59.3 Å². The predicted octanol–water partition coefficient (Wildman–Crippen LogP) is 13.1. The molecule has 0 aliphatic heterocycles. The Morgan fingerprint density at radius 2 is 1.54 bits per heavy atom. The van der Waals surface area contributed by atoms with Gasteiger partial charge in [0.25, 0.3) is 0 Å². The summed E-state index contributed by atoms with van der Waals surface area (Å²) < 4.78 is 18.3. The van der Waals surface area contributed by atoms with Crippen LogP contribution >= 0.6 is 11.3 Å². The molecule has 352 valence electrons. The van der Waals surface area contributed by atoms with Gasteiger partial charge in [0.05, 0.1) is 59.3 Å². The Bertz CT molecular complexity index is 2750. The molecule has 2 fully saturated rings. The van der Waals surface area contributed by atoms with Gasteiger partial charge >= 0.3 is 11.9 Å². The molecule has 1 heterocycles. The normalized spacial score (nSPS) is 16.5. The van der Waals surface area contributed by atoms with E-state index in [1.807, 2.05) is 93.7 Å². The largest absolute Gasteiger partial charge is 0.501 e. The number of ether oxygens (including phenoxy) is 3. The number of esters is 2. The molecule has 6 aromatic rings. The number of carbonyl (C=O) groups is 2. The van der Waals surface area contributed by atoms with Crippen LogP contribution in [0.2, 0.25) is 0 Å². The van der Waals surface area contributed by atoms with Crippen molar-refractivity contribution < 1.29 is 23.8 Å². The number of thiazole rings is 1. The van der Waals surface area contributed by atoms with Crippen LogP contribution in [0.4, 0.5) is 10.8 Å². The van der Waals surface area contributed by atoms with E-state index in [0.717, 1.165) is 99.3 Å².